The fourth-order valence-electron chi connectivity index (χ4n) is 3.20. The number of hydrogen-bond donors (Lipinski definition) is 2. The first kappa shape index (κ1) is 22.4. The van der Waals surface area contributed by atoms with E-state index in [9.17, 15) is 18.3 Å². The number of ether oxygens (including phenoxy) is 2. The second-order valence-corrected chi connectivity index (χ2v) is 8.01. The van der Waals surface area contributed by atoms with Crippen LogP contribution >= 0.6 is 11.9 Å². The highest BCUT2D eigenvalue weighted by molar-refractivity contribution is 8.00. The van der Waals surface area contributed by atoms with Crippen molar-refractivity contribution >= 4 is 17.8 Å². The van der Waals surface area contributed by atoms with Crippen LogP contribution in [0.2, 0.25) is 0 Å². The van der Waals surface area contributed by atoms with Crippen molar-refractivity contribution < 1.29 is 27.8 Å². The highest BCUT2D eigenvalue weighted by Crippen LogP contribution is 2.38. The number of aliphatic hydroxyl groups is 1. The standard InChI is InChI=1S/C22H20F3N3O3S/c1-13-5-2-3-6-14(13)21-15(22(23,24)25)9-10-18(26-21)28-32-20-8-4-7-19(27-20)31-17-12-30-11-16(17)29/h2-10,16-17,29H,11-12H2,1H3,(H,26,28). The lowest BCUT2D eigenvalue weighted by Crippen LogP contribution is -2.30. The molecule has 3 heterocycles. The van der Waals surface area contributed by atoms with E-state index in [1.165, 1.54) is 6.07 Å². The Kier molecular flexibility index (Phi) is 6.54. The van der Waals surface area contributed by atoms with Gasteiger partial charge < -0.3 is 19.3 Å². The number of pyridine rings is 2. The molecule has 0 radical (unpaired) electrons. The Morgan fingerprint density at radius 2 is 1.88 bits per heavy atom. The first-order valence-electron chi connectivity index (χ1n) is 9.78. The number of aliphatic hydroxyl groups excluding tert-OH is 1. The summed E-state index contributed by atoms with van der Waals surface area (Å²) in [6.45, 7) is 2.23. The largest absolute Gasteiger partial charge is 0.469 e. The number of anilines is 1. The third kappa shape index (κ3) is 5.14. The molecule has 2 atom stereocenters. The van der Waals surface area contributed by atoms with Gasteiger partial charge in [-0.25, -0.2) is 9.97 Å². The Morgan fingerprint density at radius 3 is 2.59 bits per heavy atom. The number of hydrogen-bond acceptors (Lipinski definition) is 7. The van der Waals surface area contributed by atoms with Gasteiger partial charge in [-0.05, 0) is 30.7 Å². The average Bonchev–Trinajstić information content (AvgIpc) is 3.16. The summed E-state index contributed by atoms with van der Waals surface area (Å²) in [4.78, 5) is 8.58. The molecule has 4 rings (SSSR count). The number of benzene rings is 1. The molecule has 2 aromatic heterocycles. The zero-order chi connectivity index (χ0) is 22.7. The predicted molar refractivity (Wildman–Crippen MR) is 114 cm³/mol. The van der Waals surface area contributed by atoms with Crippen LogP contribution < -0.4 is 9.46 Å². The second kappa shape index (κ2) is 9.35. The lowest BCUT2D eigenvalue weighted by molar-refractivity contribution is -0.137. The van der Waals surface area contributed by atoms with Crippen molar-refractivity contribution in [3.63, 3.8) is 0 Å². The smallest absolute Gasteiger partial charge is 0.418 e. The molecule has 2 N–H and O–H groups in total. The van der Waals surface area contributed by atoms with Crippen LogP contribution in [-0.4, -0.2) is 40.5 Å². The molecule has 32 heavy (non-hydrogen) atoms. The fraction of sp³-hybridized carbons (Fsp3) is 0.273. The lowest BCUT2D eigenvalue weighted by Gasteiger charge is -2.16. The van der Waals surface area contributed by atoms with Crippen LogP contribution in [0.15, 0.2) is 59.6 Å². The van der Waals surface area contributed by atoms with Gasteiger partial charge in [0.25, 0.3) is 0 Å². The van der Waals surface area contributed by atoms with Crippen LogP contribution in [-0.2, 0) is 10.9 Å². The van der Waals surface area contributed by atoms with Crippen LogP contribution in [0.25, 0.3) is 11.3 Å². The molecule has 1 fully saturated rings. The first-order valence-corrected chi connectivity index (χ1v) is 10.6. The molecule has 1 aliphatic rings. The van der Waals surface area contributed by atoms with E-state index >= 15 is 0 Å². The average molecular weight is 463 g/mol. The maximum absolute atomic E-state index is 13.6. The molecule has 3 aromatic rings. The number of nitrogens with one attached hydrogen (secondary N) is 1. The number of aromatic nitrogens is 2. The molecule has 0 spiro atoms. The molecule has 1 aliphatic heterocycles. The number of rotatable bonds is 6. The van der Waals surface area contributed by atoms with Crippen LogP contribution in [0.4, 0.5) is 19.0 Å². The Balaban J connectivity index is 1.53. The van der Waals surface area contributed by atoms with Crippen LogP contribution in [0.5, 0.6) is 5.88 Å². The van der Waals surface area contributed by atoms with E-state index < -0.39 is 23.9 Å². The van der Waals surface area contributed by atoms with Crippen LogP contribution in [0.1, 0.15) is 11.1 Å². The van der Waals surface area contributed by atoms with Crippen LogP contribution in [0, 0.1) is 6.92 Å². The van der Waals surface area contributed by atoms with Crippen molar-refractivity contribution in [1.82, 2.24) is 9.97 Å². The third-order valence-corrected chi connectivity index (χ3v) is 5.58. The molecule has 6 nitrogen and oxygen atoms in total. The van der Waals surface area contributed by atoms with Crippen molar-refractivity contribution in [3.05, 3.63) is 65.7 Å². The van der Waals surface area contributed by atoms with E-state index in [2.05, 4.69) is 14.7 Å². The fourth-order valence-corrected chi connectivity index (χ4v) is 3.81. The Hall–Kier alpha value is -2.82. The maximum Gasteiger partial charge on any atom is 0.418 e. The molecule has 1 aromatic carbocycles. The number of aryl methyl sites for hydroxylation is 1. The predicted octanol–water partition coefficient (Wildman–Crippen LogP) is 4.73. The molecular formula is C22H20F3N3O3S. The summed E-state index contributed by atoms with van der Waals surface area (Å²) in [7, 11) is 0. The van der Waals surface area contributed by atoms with Gasteiger partial charge in [0.2, 0.25) is 5.88 Å². The van der Waals surface area contributed by atoms with Gasteiger partial charge in [0.1, 0.15) is 16.9 Å². The molecule has 0 bridgehead atoms. The lowest BCUT2D eigenvalue weighted by atomic mass is 10.0. The molecule has 10 heteroatoms. The van der Waals surface area contributed by atoms with E-state index in [4.69, 9.17) is 9.47 Å². The number of nitrogens with zero attached hydrogens (tertiary/aromatic N) is 2. The summed E-state index contributed by atoms with van der Waals surface area (Å²) in [5, 5.41) is 10.3. The van der Waals surface area contributed by atoms with E-state index in [1.54, 1.807) is 49.4 Å². The van der Waals surface area contributed by atoms with Gasteiger partial charge in [0.05, 0.1) is 24.5 Å². The molecule has 168 valence electrons. The quantitative estimate of drug-likeness (QED) is 0.512. The summed E-state index contributed by atoms with van der Waals surface area (Å²) >= 11 is 1.09. The summed E-state index contributed by atoms with van der Waals surface area (Å²) < 4.78 is 54.5. The summed E-state index contributed by atoms with van der Waals surface area (Å²) in [5.41, 5.74) is 0.175. The topological polar surface area (TPSA) is 76.5 Å². The Labute approximate surface area is 186 Å². The van der Waals surface area contributed by atoms with Gasteiger partial charge in [-0.3, -0.25) is 0 Å². The first-order chi connectivity index (χ1) is 15.3. The molecule has 0 saturated carbocycles. The Morgan fingerprint density at radius 1 is 1.06 bits per heavy atom. The van der Waals surface area contributed by atoms with E-state index in [1.807, 2.05) is 0 Å². The monoisotopic (exact) mass is 463 g/mol. The van der Waals surface area contributed by atoms with Gasteiger partial charge in [-0.2, -0.15) is 13.2 Å². The minimum atomic E-state index is -4.53. The molecule has 2 unspecified atom stereocenters. The van der Waals surface area contributed by atoms with Crippen molar-refractivity contribution in [2.45, 2.75) is 30.3 Å². The van der Waals surface area contributed by atoms with Gasteiger partial charge >= 0.3 is 6.18 Å². The molecule has 0 amide bonds. The van der Waals surface area contributed by atoms with Crippen molar-refractivity contribution in [3.8, 4) is 17.1 Å². The van der Waals surface area contributed by atoms with Crippen molar-refractivity contribution in [2.24, 2.45) is 0 Å². The van der Waals surface area contributed by atoms with Gasteiger partial charge in [-0.15, -0.1) is 0 Å². The normalized spacial score (nSPS) is 18.5. The highest BCUT2D eigenvalue weighted by Gasteiger charge is 2.35. The molecule has 1 saturated heterocycles. The van der Waals surface area contributed by atoms with Gasteiger partial charge in [-0.1, -0.05) is 30.3 Å². The van der Waals surface area contributed by atoms with Crippen LogP contribution in [0.3, 0.4) is 0 Å². The van der Waals surface area contributed by atoms with E-state index in [0.717, 1.165) is 18.0 Å². The van der Waals surface area contributed by atoms with Gasteiger partial charge in [0.15, 0.2) is 6.10 Å². The second-order valence-electron chi connectivity index (χ2n) is 7.18. The zero-order valence-corrected chi connectivity index (χ0v) is 17.8. The van der Waals surface area contributed by atoms with E-state index in [0.29, 0.717) is 22.0 Å². The Bertz CT molecular complexity index is 1100. The van der Waals surface area contributed by atoms with Crippen molar-refractivity contribution in [1.29, 1.82) is 0 Å². The highest BCUT2D eigenvalue weighted by atomic mass is 32.2. The summed E-state index contributed by atoms with van der Waals surface area (Å²) in [6, 6.07) is 14.2. The minimum absolute atomic E-state index is 0.138. The summed E-state index contributed by atoms with van der Waals surface area (Å²) in [6.07, 6.45) is -5.75. The molecule has 0 aliphatic carbocycles. The van der Waals surface area contributed by atoms with E-state index in [-0.39, 0.29) is 24.7 Å². The number of halogens is 3. The third-order valence-electron chi connectivity index (χ3n) is 4.83. The maximum atomic E-state index is 13.6. The van der Waals surface area contributed by atoms with Crippen molar-refractivity contribution in [2.75, 3.05) is 17.9 Å². The molecular weight excluding hydrogens is 443 g/mol. The summed E-state index contributed by atoms with van der Waals surface area (Å²) in [5.74, 6) is 0.571. The SMILES string of the molecule is Cc1ccccc1-c1nc(NSc2cccc(OC3COCC3O)n2)ccc1C(F)(F)F. The number of alkyl halides is 3. The minimum Gasteiger partial charge on any atom is -0.469 e. The zero-order valence-electron chi connectivity index (χ0n) is 17.0. The van der Waals surface area contributed by atoms with Gasteiger partial charge in [0, 0.05) is 23.6 Å².